The molecule has 1 heterocycles. The Morgan fingerprint density at radius 3 is 2.67 bits per heavy atom. The lowest BCUT2D eigenvalue weighted by atomic mass is 10.2. The molecule has 0 fully saturated rings. The van der Waals surface area contributed by atoms with E-state index >= 15 is 0 Å². The van der Waals surface area contributed by atoms with Gasteiger partial charge in [-0.15, -0.1) is 0 Å². The van der Waals surface area contributed by atoms with Gasteiger partial charge < -0.3 is 10.2 Å². The highest BCUT2D eigenvalue weighted by Gasteiger charge is 2.15. The average molecular weight is 271 g/mol. The van der Waals surface area contributed by atoms with Crippen molar-refractivity contribution in [2.45, 2.75) is 24.3 Å². The van der Waals surface area contributed by atoms with Crippen molar-refractivity contribution in [2.24, 2.45) is 0 Å². The third-order valence-electron chi connectivity index (χ3n) is 2.56. The Morgan fingerprint density at radius 2 is 2.11 bits per heavy atom. The molecular weight excluding hydrogens is 250 g/mol. The molecule has 18 heavy (non-hydrogen) atoms. The summed E-state index contributed by atoms with van der Waals surface area (Å²) in [5, 5.41) is 3.16. The Morgan fingerprint density at radius 1 is 1.44 bits per heavy atom. The minimum absolute atomic E-state index is 0.169. The van der Waals surface area contributed by atoms with Crippen LogP contribution >= 0.6 is 0 Å². The fourth-order valence-electron chi connectivity index (χ4n) is 1.56. The van der Waals surface area contributed by atoms with Crippen LogP contribution < -0.4 is 5.32 Å². The van der Waals surface area contributed by atoms with E-state index in [4.69, 9.17) is 0 Å². The van der Waals surface area contributed by atoms with Crippen LogP contribution in [0.1, 0.15) is 13.3 Å². The molecule has 0 aromatic carbocycles. The van der Waals surface area contributed by atoms with Gasteiger partial charge >= 0.3 is 0 Å². The van der Waals surface area contributed by atoms with Gasteiger partial charge in [-0.25, -0.2) is 13.4 Å². The first-order valence-electron chi connectivity index (χ1n) is 5.87. The molecule has 0 aliphatic rings. The monoisotopic (exact) mass is 271 g/mol. The molecule has 1 atom stereocenters. The third kappa shape index (κ3) is 4.62. The number of nitrogens with zero attached hydrogens (tertiary/aromatic N) is 2. The number of pyridine rings is 1. The van der Waals surface area contributed by atoms with Crippen LogP contribution in [0.15, 0.2) is 23.2 Å². The number of sulfone groups is 1. The predicted octanol–water partition coefficient (Wildman–Crippen LogP) is 1.24. The summed E-state index contributed by atoms with van der Waals surface area (Å²) in [7, 11) is 0.773. The van der Waals surface area contributed by atoms with Gasteiger partial charge in [-0.1, -0.05) is 0 Å². The van der Waals surface area contributed by atoms with Gasteiger partial charge in [0, 0.05) is 18.5 Å². The maximum absolute atomic E-state index is 11.6. The molecule has 0 amide bonds. The van der Waals surface area contributed by atoms with E-state index < -0.39 is 9.84 Å². The average Bonchev–Trinajstić information content (AvgIpc) is 2.25. The predicted molar refractivity (Wildman–Crippen MR) is 73.6 cm³/mol. The SMILES string of the molecule is CC(CCN(C)C)Nc1ncccc1S(C)(=O)=O. The minimum Gasteiger partial charge on any atom is -0.366 e. The molecule has 1 unspecified atom stereocenters. The zero-order chi connectivity index (χ0) is 13.8. The van der Waals surface area contributed by atoms with Crippen LogP contribution in [-0.4, -0.2) is 51.2 Å². The second-order valence-electron chi connectivity index (χ2n) is 4.76. The molecule has 0 radical (unpaired) electrons. The maximum Gasteiger partial charge on any atom is 0.179 e. The largest absolute Gasteiger partial charge is 0.366 e. The van der Waals surface area contributed by atoms with E-state index in [2.05, 4.69) is 15.2 Å². The van der Waals surface area contributed by atoms with Crippen molar-refractivity contribution < 1.29 is 8.42 Å². The van der Waals surface area contributed by atoms with Crippen molar-refractivity contribution in [2.75, 3.05) is 32.2 Å². The molecule has 0 aliphatic carbocycles. The summed E-state index contributed by atoms with van der Waals surface area (Å²) in [5.74, 6) is 0.436. The Balaban J connectivity index is 2.79. The van der Waals surface area contributed by atoms with E-state index in [0.29, 0.717) is 5.82 Å². The Hall–Kier alpha value is -1.14. The Kier molecular flexibility index (Phi) is 5.10. The molecule has 0 bridgehead atoms. The molecule has 0 saturated carbocycles. The first kappa shape index (κ1) is 14.9. The van der Waals surface area contributed by atoms with Crippen molar-refractivity contribution in [3.63, 3.8) is 0 Å². The molecule has 0 saturated heterocycles. The molecule has 0 spiro atoms. The molecule has 5 nitrogen and oxygen atoms in total. The van der Waals surface area contributed by atoms with Gasteiger partial charge in [-0.3, -0.25) is 0 Å². The zero-order valence-electron chi connectivity index (χ0n) is 11.3. The van der Waals surface area contributed by atoms with Gasteiger partial charge in [0.15, 0.2) is 9.84 Å². The summed E-state index contributed by atoms with van der Waals surface area (Å²) in [6.07, 6.45) is 3.71. The van der Waals surface area contributed by atoms with E-state index in [9.17, 15) is 8.42 Å². The van der Waals surface area contributed by atoms with E-state index in [1.165, 1.54) is 6.26 Å². The molecule has 102 valence electrons. The van der Waals surface area contributed by atoms with Crippen LogP contribution in [0.2, 0.25) is 0 Å². The maximum atomic E-state index is 11.6. The Bertz CT molecular complexity index is 486. The van der Waals surface area contributed by atoms with Crippen LogP contribution in [0.5, 0.6) is 0 Å². The van der Waals surface area contributed by atoms with Crippen molar-refractivity contribution in [1.29, 1.82) is 0 Å². The number of hydrogen-bond donors (Lipinski definition) is 1. The minimum atomic E-state index is -3.25. The summed E-state index contributed by atoms with van der Waals surface area (Å²) in [6, 6.07) is 3.37. The lowest BCUT2D eigenvalue weighted by Gasteiger charge is -2.18. The summed E-state index contributed by atoms with van der Waals surface area (Å²) in [6.45, 7) is 2.96. The van der Waals surface area contributed by atoms with E-state index in [-0.39, 0.29) is 10.9 Å². The van der Waals surface area contributed by atoms with Crippen molar-refractivity contribution in [3.8, 4) is 0 Å². The number of anilines is 1. The number of aromatic nitrogens is 1. The van der Waals surface area contributed by atoms with Gasteiger partial charge in [0.2, 0.25) is 0 Å². The number of hydrogen-bond acceptors (Lipinski definition) is 5. The summed E-state index contributed by atoms with van der Waals surface area (Å²) >= 11 is 0. The topological polar surface area (TPSA) is 62.3 Å². The van der Waals surface area contributed by atoms with E-state index in [1.807, 2.05) is 21.0 Å². The highest BCUT2D eigenvalue weighted by Crippen LogP contribution is 2.18. The molecule has 1 rings (SSSR count). The summed E-state index contributed by atoms with van der Waals surface area (Å²) in [5.41, 5.74) is 0. The highest BCUT2D eigenvalue weighted by atomic mass is 32.2. The second-order valence-corrected chi connectivity index (χ2v) is 6.74. The van der Waals surface area contributed by atoms with Gasteiger partial charge in [-0.2, -0.15) is 0 Å². The summed E-state index contributed by atoms with van der Waals surface area (Å²) in [4.78, 5) is 6.45. The van der Waals surface area contributed by atoms with Crippen molar-refractivity contribution in [3.05, 3.63) is 18.3 Å². The molecule has 1 aromatic rings. The fourth-order valence-corrected chi connectivity index (χ4v) is 2.34. The van der Waals surface area contributed by atoms with Crippen molar-refractivity contribution >= 4 is 15.7 Å². The van der Waals surface area contributed by atoms with Crippen molar-refractivity contribution in [1.82, 2.24) is 9.88 Å². The Labute approximate surface area is 109 Å². The molecule has 0 aliphatic heterocycles. The van der Waals surface area contributed by atoms with Gasteiger partial charge in [0.25, 0.3) is 0 Å². The van der Waals surface area contributed by atoms with Crippen LogP contribution in [0, 0.1) is 0 Å². The number of nitrogens with one attached hydrogen (secondary N) is 1. The second kappa shape index (κ2) is 6.15. The first-order valence-corrected chi connectivity index (χ1v) is 7.76. The highest BCUT2D eigenvalue weighted by molar-refractivity contribution is 7.90. The quantitative estimate of drug-likeness (QED) is 0.843. The van der Waals surface area contributed by atoms with Crippen LogP contribution in [0.4, 0.5) is 5.82 Å². The van der Waals surface area contributed by atoms with Crippen LogP contribution in [0.3, 0.4) is 0 Å². The van der Waals surface area contributed by atoms with Gasteiger partial charge in [-0.05, 0) is 46.1 Å². The molecule has 1 N–H and O–H groups in total. The third-order valence-corrected chi connectivity index (χ3v) is 3.69. The van der Waals surface area contributed by atoms with E-state index in [1.54, 1.807) is 18.3 Å². The lowest BCUT2D eigenvalue weighted by molar-refractivity contribution is 0.390. The standard InChI is InChI=1S/C12H21N3O2S/c1-10(7-9-15(2)3)14-12-11(18(4,16)17)6-5-8-13-12/h5-6,8,10H,7,9H2,1-4H3,(H,13,14). The zero-order valence-corrected chi connectivity index (χ0v) is 12.2. The summed E-state index contributed by atoms with van der Waals surface area (Å²) < 4.78 is 23.2. The smallest absolute Gasteiger partial charge is 0.179 e. The fraction of sp³-hybridized carbons (Fsp3) is 0.583. The normalized spacial score (nSPS) is 13.6. The first-order chi connectivity index (χ1) is 8.30. The van der Waals surface area contributed by atoms with E-state index in [0.717, 1.165) is 13.0 Å². The lowest BCUT2D eigenvalue weighted by Crippen LogP contribution is -2.24. The van der Waals surface area contributed by atoms with Gasteiger partial charge in [0.1, 0.15) is 10.7 Å². The van der Waals surface area contributed by atoms with Crippen LogP contribution in [0.25, 0.3) is 0 Å². The number of rotatable bonds is 6. The van der Waals surface area contributed by atoms with Crippen LogP contribution in [-0.2, 0) is 9.84 Å². The molecular formula is C12H21N3O2S. The molecule has 6 heteroatoms. The molecule has 1 aromatic heterocycles. The van der Waals surface area contributed by atoms with Gasteiger partial charge in [0.05, 0.1) is 0 Å².